The number of pyridine rings is 1. The lowest BCUT2D eigenvalue weighted by Crippen LogP contribution is -2.42. The molecule has 178 valence electrons. The molecule has 3 aromatic heterocycles. The van der Waals surface area contributed by atoms with E-state index >= 15 is 0 Å². The van der Waals surface area contributed by atoms with Crippen LogP contribution in [0.3, 0.4) is 0 Å². The first-order chi connectivity index (χ1) is 16.6. The second-order valence-corrected chi connectivity index (χ2v) is 9.91. The fourth-order valence-electron chi connectivity index (χ4n) is 4.50. The van der Waals surface area contributed by atoms with Gasteiger partial charge in [-0.25, -0.2) is 13.8 Å². The number of carbonyl (C=O) groups excluding carboxylic acids is 1. The summed E-state index contributed by atoms with van der Waals surface area (Å²) in [4.78, 5) is 22.6. The van der Waals surface area contributed by atoms with Gasteiger partial charge in [-0.2, -0.15) is 0 Å². The normalized spacial score (nSPS) is 21.1. The highest BCUT2D eigenvalue weighted by Crippen LogP contribution is 2.43. The van der Waals surface area contributed by atoms with Gasteiger partial charge in [0.15, 0.2) is 0 Å². The largest absolute Gasteiger partial charge is 0.368 e. The zero-order valence-electron chi connectivity index (χ0n) is 18.5. The van der Waals surface area contributed by atoms with Crippen molar-refractivity contribution in [1.29, 1.82) is 0 Å². The molecule has 2 N–H and O–H groups in total. The predicted molar refractivity (Wildman–Crippen MR) is 124 cm³/mol. The summed E-state index contributed by atoms with van der Waals surface area (Å²) < 4.78 is 27.8. The lowest BCUT2D eigenvalue weighted by atomic mass is 9.66. The molecule has 1 amide bonds. The molecule has 2 fully saturated rings. The van der Waals surface area contributed by atoms with Crippen LogP contribution < -0.4 is 10.6 Å². The third-order valence-corrected chi connectivity index (χ3v) is 7.55. The Hall–Kier alpha value is -3.05. The highest BCUT2D eigenvalue weighted by Gasteiger charge is 2.41. The van der Waals surface area contributed by atoms with E-state index in [1.807, 2.05) is 12.1 Å². The Kier molecular flexibility index (Phi) is 6.46. The van der Waals surface area contributed by atoms with E-state index in [0.29, 0.717) is 41.7 Å². The van der Waals surface area contributed by atoms with Crippen molar-refractivity contribution in [2.45, 2.75) is 50.0 Å². The number of thiazole rings is 1. The van der Waals surface area contributed by atoms with Crippen molar-refractivity contribution in [3.8, 4) is 10.7 Å². The van der Waals surface area contributed by atoms with Crippen molar-refractivity contribution in [3.05, 3.63) is 53.0 Å². The molecule has 11 heteroatoms. The van der Waals surface area contributed by atoms with E-state index in [0.717, 1.165) is 30.5 Å². The number of hydrogen-bond donors (Lipinski definition) is 2. The SMILES string of the molecule is O=CN(Cc1cnc(-c2ccc(NCC3(c4ncccc4F)CCC3)nn2)s1)[C@@H]1C[C@@H](F)CN1. The highest BCUT2D eigenvalue weighted by molar-refractivity contribution is 7.15. The Bertz CT molecular complexity index is 1140. The summed E-state index contributed by atoms with van der Waals surface area (Å²) in [6.45, 7) is 1.15. The minimum atomic E-state index is -0.936. The second-order valence-electron chi connectivity index (χ2n) is 8.79. The monoisotopic (exact) mass is 485 g/mol. The average Bonchev–Trinajstić information content (AvgIpc) is 3.47. The minimum Gasteiger partial charge on any atom is -0.368 e. The first kappa shape index (κ1) is 22.7. The van der Waals surface area contributed by atoms with E-state index < -0.39 is 6.17 Å². The van der Waals surface area contributed by atoms with E-state index in [1.165, 1.54) is 17.4 Å². The number of hydrogen-bond acceptors (Lipinski definition) is 8. The third-order valence-electron chi connectivity index (χ3n) is 6.54. The van der Waals surface area contributed by atoms with Crippen LogP contribution in [-0.2, 0) is 16.8 Å². The van der Waals surface area contributed by atoms with Crippen molar-refractivity contribution in [1.82, 2.24) is 30.4 Å². The van der Waals surface area contributed by atoms with E-state index in [2.05, 4.69) is 30.8 Å². The Balaban J connectivity index is 1.21. The molecule has 0 bridgehead atoms. The summed E-state index contributed by atoms with van der Waals surface area (Å²) in [6, 6.07) is 6.71. The van der Waals surface area contributed by atoms with Gasteiger partial charge in [-0.1, -0.05) is 6.42 Å². The van der Waals surface area contributed by atoms with Crippen LogP contribution in [0.4, 0.5) is 14.6 Å². The molecule has 0 aromatic carbocycles. The van der Waals surface area contributed by atoms with Crippen LogP contribution in [0.5, 0.6) is 0 Å². The molecule has 1 aliphatic heterocycles. The number of nitrogens with zero attached hydrogens (tertiary/aromatic N) is 5. The van der Waals surface area contributed by atoms with Crippen LogP contribution in [0, 0.1) is 5.82 Å². The first-order valence-corrected chi connectivity index (χ1v) is 12.1. The molecule has 5 rings (SSSR count). The fourth-order valence-corrected chi connectivity index (χ4v) is 5.39. The highest BCUT2D eigenvalue weighted by atomic mass is 32.1. The minimum absolute atomic E-state index is 0.261. The Labute approximate surface area is 199 Å². The number of anilines is 1. The maximum Gasteiger partial charge on any atom is 0.211 e. The molecule has 4 heterocycles. The van der Waals surface area contributed by atoms with E-state index in [-0.39, 0.29) is 23.9 Å². The van der Waals surface area contributed by atoms with E-state index in [9.17, 15) is 13.6 Å². The first-order valence-electron chi connectivity index (χ1n) is 11.3. The van der Waals surface area contributed by atoms with Crippen molar-refractivity contribution in [2.75, 3.05) is 18.4 Å². The summed E-state index contributed by atoms with van der Waals surface area (Å²) >= 11 is 1.42. The van der Waals surface area contributed by atoms with Gasteiger partial charge in [0.25, 0.3) is 0 Å². The molecule has 1 saturated carbocycles. The molecule has 0 unspecified atom stereocenters. The van der Waals surface area contributed by atoms with Crippen molar-refractivity contribution in [2.24, 2.45) is 0 Å². The number of rotatable bonds is 9. The standard InChI is InChI=1S/C23H25F2N7OS/c24-15-9-20(27-10-15)32(14-33)12-16-11-28-22(34-16)18-4-5-19(31-30-18)29-13-23(6-2-7-23)21-17(25)3-1-8-26-21/h1,3-5,8,11,14-15,20,27H,2,6-7,9-10,12-13H2,(H,29,31)/t15-,20-/m1/s1. The molecule has 1 aliphatic carbocycles. The quantitative estimate of drug-likeness (QED) is 0.449. The topological polar surface area (TPSA) is 95.9 Å². The molecule has 2 atom stereocenters. The molecule has 8 nitrogen and oxygen atoms in total. The Morgan fingerprint density at radius 1 is 1.26 bits per heavy atom. The van der Waals surface area contributed by atoms with Crippen LogP contribution in [0.1, 0.15) is 36.3 Å². The van der Waals surface area contributed by atoms with Gasteiger partial charge in [0.1, 0.15) is 28.5 Å². The lowest BCUT2D eigenvalue weighted by Gasteiger charge is -2.41. The van der Waals surface area contributed by atoms with Crippen molar-refractivity contribution < 1.29 is 13.6 Å². The predicted octanol–water partition coefficient (Wildman–Crippen LogP) is 3.28. The van der Waals surface area contributed by atoms with Crippen molar-refractivity contribution >= 4 is 23.6 Å². The number of amides is 1. The van der Waals surface area contributed by atoms with E-state index in [1.54, 1.807) is 23.4 Å². The molecule has 0 radical (unpaired) electrons. The molecule has 2 aliphatic rings. The maximum atomic E-state index is 14.3. The molecule has 3 aromatic rings. The van der Waals surface area contributed by atoms with Crippen LogP contribution in [-0.4, -0.2) is 56.9 Å². The summed E-state index contributed by atoms with van der Waals surface area (Å²) in [5, 5.41) is 15.5. The zero-order chi connectivity index (χ0) is 23.5. The lowest BCUT2D eigenvalue weighted by molar-refractivity contribution is -0.121. The average molecular weight is 486 g/mol. The van der Waals surface area contributed by atoms with Gasteiger partial charge in [0.05, 0.1) is 18.4 Å². The van der Waals surface area contributed by atoms with Crippen LogP contribution in [0.15, 0.2) is 36.7 Å². The van der Waals surface area contributed by atoms with Crippen LogP contribution in [0.2, 0.25) is 0 Å². The van der Waals surface area contributed by atoms with Crippen LogP contribution in [0.25, 0.3) is 10.7 Å². The van der Waals surface area contributed by atoms with Crippen LogP contribution >= 0.6 is 11.3 Å². The molecule has 34 heavy (non-hydrogen) atoms. The van der Waals surface area contributed by atoms with Crippen molar-refractivity contribution in [3.63, 3.8) is 0 Å². The zero-order valence-corrected chi connectivity index (χ0v) is 19.3. The summed E-state index contributed by atoms with van der Waals surface area (Å²) in [6.07, 6.45) is 5.92. The molecular formula is C23H25F2N7OS. The number of alkyl halides is 1. The molecular weight excluding hydrogens is 460 g/mol. The third kappa shape index (κ3) is 4.62. The van der Waals surface area contributed by atoms with Gasteiger partial charge in [-0.05, 0) is 37.1 Å². The maximum absolute atomic E-state index is 14.3. The number of halogens is 2. The second kappa shape index (κ2) is 9.67. The Morgan fingerprint density at radius 3 is 2.79 bits per heavy atom. The van der Waals surface area contributed by atoms with Gasteiger partial charge >= 0.3 is 0 Å². The van der Waals surface area contributed by atoms with Gasteiger partial charge in [-0.3, -0.25) is 15.1 Å². The molecule has 0 spiro atoms. The summed E-state index contributed by atoms with van der Waals surface area (Å²) in [5.74, 6) is 0.328. The van der Waals surface area contributed by atoms with Gasteiger partial charge < -0.3 is 10.2 Å². The van der Waals surface area contributed by atoms with Gasteiger partial charge in [0.2, 0.25) is 6.41 Å². The number of carbonyl (C=O) groups is 1. The van der Waals surface area contributed by atoms with E-state index in [4.69, 9.17) is 0 Å². The van der Waals surface area contributed by atoms with Gasteiger partial charge in [-0.15, -0.1) is 21.5 Å². The number of aromatic nitrogens is 4. The Morgan fingerprint density at radius 2 is 2.15 bits per heavy atom. The molecule has 1 saturated heterocycles. The summed E-state index contributed by atoms with van der Waals surface area (Å²) in [5.41, 5.74) is 0.806. The van der Waals surface area contributed by atoms with Gasteiger partial charge in [0, 0.05) is 42.2 Å². The number of nitrogens with one attached hydrogen (secondary N) is 2. The fraction of sp³-hybridized carbons (Fsp3) is 0.435. The smallest absolute Gasteiger partial charge is 0.211 e. The summed E-state index contributed by atoms with van der Waals surface area (Å²) in [7, 11) is 0.